The number of morpholine rings is 1. The van der Waals surface area contributed by atoms with Gasteiger partial charge in [-0.05, 0) is 25.7 Å². The second-order valence-corrected chi connectivity index (χ2v) is 6.97. The van der Waals surface area contributed by atoms with Gasteiger partial charge in [-0.3, -0.25) is 25.3 Å². The number of hydrogen-bond acceptors (Lipinski definition) is 4. The smallest absolute Gasteiger partial charge is 0.252 e. The Balaban J connectivity index is 1.44. The minimum atomic E-state index is -0.139. The highest BCUT2D eigenvalue weighted by atomic mass is 16.5. The van der Waals surface area contributed by atoms with Crippen LogP contribution in [0.25, 0.3) is 0 Å². The Bertz CT molecular complexity index is 415. The van der Waals surface area contributed by atoms with Crippen LogP contribution in [0.15, 0.2) is 0 Å². The maximum absolute atomic E-state index is 12.0. The lowest BCUT2D eigenvalue weighted by Gasteiger charge is -2.42. The first kappa shape index (κ1) is 15.7. The molecule has 2 saturated carbocycles. The molecule has 3 rings (SSSR count). The Morgan fingerprint density at radius 3 is 2.50 bits per heavy atom. The second-order valence-electron chi connectivity index (χ2n) is 6.97. The molecule has 0 aromatic carbocycles. The van der Waals surface area contributed by atoms with Gasteiger partial charge in [0.2, 0.25) is 5.91 Å². The van der Waals surface area contributed by atoms with E-state index in [0.717, 1.165) is 38.8 Å². The van der Waals surface area contributed by atoms with Crippen LogP contribution in [0.4, 0.5) is 0 Å². The van der Waals surface area contributed by atoms with Gasteiger partial charge >= 0.3 is 0 Å². The van der Waals surface area contributed by atoms with Crippen LogP contribution < -0.4 is 10.9 Å². The van der Waals surface area contributed by atoms with Crippen LogP contribution in [0.3, 0.4) is 0 Å². The van der Waals surface area contributed by atoms with Gasteiger partial charge in [0.25, 0.3) is 5.91 Å². The molecule has 0 bridgehead atoms. The van der Waals surface area contributed by atoms with E-state index in [4.69, 9.17) is 4.74 Å². The SMILES string of the molecule is O=C(CN1CCOC2(CCCCCC2)C1)NNC(=O)C1CC1. The molecule has 0 atom stereocenters. The minimum absolute atomic E-state index is 0.0493. The van der Waals surface area contributed by atoms with Crippen LogP contribution in [0.2, 0.25) is 0 Å². The number of nitrogens with one attached hydrogen (secondary N) is 2. The fraction of sp³-hybridized carbons (Fsp3) is 0.875. The number of hydrazine groups is 1. The van der Waals surface area contributed by atoms with Crippen molar-refractivity contribution >= 4 is 11.8 Å². The number of nitrogens with zero attached hydrogens (tertiary/aromatic N) is 1. The number of hydrogen-bond donors (Lipinski definition) is 2. The zero-order valence-electron chi connectivity index (χ0n) is 13.2. The van der Waals surface area contributed by atoms with Crippen LogP contribution in [0.1, 0.15) is 51.4 Å². The van der Waals surface area contributed by atoms with E-state index in [1.165, 1.54) is 25.7 Å². The van der Waals surface area contributed by atoms with Gasteiger partial charge in [-0.25, -0.2) is 0 Å². The Labute approximate surface area is 131 Å². The molecule has 6 heteroatoms. The van der Waals surface area contributed by atoms with Crippen LogP contribution in [-0.4, -0.2) is 48.6 Å². The lowest BCUT2D eigenvalue weighted by Crippen LogP contribution is -2.55. The summed E-state index contributed by atoms with van der Waals surface area (Å²) in [7, 11) is 0. The van der Waals surface area contributed by atoms with Gasteiger partial charge in [0.1, 0.15) is 0 Å². The molecular weight excluding hydrogens is 282 g/mol. The van der Waals surface area contributed by atoms with Gasteiger partial charge in [0, 0.05) is 19.0 Å². The van der Waals surface area contributed by atoms with Gasteiger partial charge in [0.15, 0.2) is 0 Å². The highest BCUT2D eigenvalue weighted by molar-refractivity contribution is 5.85. The van der Waals surface area contributed by atoms with E-state index >= 15 is 0 Å². The molecule has 0 aromatic rings. The number of ether oxygens (including phenoxy) is 1. The lowest BCUT2D eigenvalue weighted by atomic mass is 9.92. The van der Waals surface area contributed by atoms with Crippen molar-refractivity contribution in [3.8, 4) is 0 Å². The van der Waals surface area contributed by atoms with Gasteiger partial charge in [0.05, 0.1) is 18.8 Å². The molecule has 22 heavy (non-hydrogen) atoms. The average molecular weight is 309 g/mol. The van der Waals surface area contributed by atoms with Crippen molar-refractivity contribution in [2.24, 2.45) is 5.92 Å². The summed E-state index contributed by atoms with van der Waals surface area (Å²) in [6.45, 7) is 2.64. The van der Waals surface area contributed by atoms with E-state index in [0.29, 0.717) is 13.2 Å². The molecule has 2 aliphatic carbocycles. The minimum Gasteiger partial charge on any atom is -0.372 e. The third-order valence-electron chi connectivity index (χ3n) is 4.98. The van der Waals surface area contributed by atoms with Gasteiger partial charge in [-0.15, -0.1) is 0 Å². The van der Waals surface area contributed by atoms with Crippen molar-refractivity contribution in [2.75, 3.05) is 26.2 Å². The van der Waals surface area contributed by atoms with Crippen molar-refractivity contribution in [3.05, 3.63) is 0 Å². The summed E-state index contributed by atoms with van der Waals surface area (Å²) >= 11 is 0. The standard InChI is InChI=1S/C16H27N3O3/c20-14(17-18-15(21)13-5-6-13)11-19-9-10-22-16(12-19)7-3-1-2-4-8-16/h13H,1-12H2,(H,17,20)(H,18,21). The van der Waals surface area contributed by atoms with Crippen molar-refractivity contribution < 1.29 is 14.3 Å². The topological polar surface area (TPSA) is 70.7 Å². The van der Waals surface area contributed by atoms with Crippen molar-refractivity contribution in [3.63, 3.8) is 0 Å². The number of rotatable bonds is 3. The number of carbonyl (C=O) groups excluding carboxylic acids is 2. The molecule has 1 aliphatic heterocycles. The quantitative estimate of drug-likeness (QED) is 0.762. The summed E-state index contributed by atoms with van der Waals surface area (Å²) in [5.74, 6) is -0.0896. The van der Waals surface area contributed by atoms with E-state index in [1.807, 2.05) is 0 Å². The van der Waals surface area contributed by atoms with E-state index in [1.54, 1.807) is 0 Å². The van der Waals surface area contributed by atoms with Crippen LogP contribution in [0.5, 0.6) is 0 Å². The molecule has 3 aliphatic rings. The lowest BCUT2D eigenvalue weighted by molar-refractivity contribution is -0.137. The summed E-state index contributed by atoms with van der Waals surface area (Å²) < 4.78 is 6.09. The highest BCUT2D eigenvalue weighted by Gasteiger charge is 2.37. The Kier molecular flexibility index (Phi) is 4.98. The van der Waals surface area contributed by atoms with E-state index in [-0.39, 0.29) is 23.3 Å². The Hall–Kier alpha value is -1.14. The number of amides is 2. The van der Waals surface area contributed by atoms with Crippen molar-refractivity contribution in [1.29, 1.82) is 0 Å². The van der Waals surface area contributed by atoms with Crippen LogP contribution in [0, 0.1) is 5.92 Å². The second kappa shape index (κ2) is 6.96. The summed E-state index contributed by atoms with van der Waals surface area (Å²) in [6.07, 6.45) is 9.10. The predicted molar refractivity (Wildman–Crippen MR) is 81.8 cm³/mol. The first-order chi connectivity index (χ1) is 10.7. The third-order valence-corrected chi connectivity index (χ3v) is 4.98. The predicted octanol–water partition coefficient (Wildman–Crippen LogP) is 0.969. The Morgan fingerprint density at radius 2 is 1.82 bits per heavy atom. The maximum Gasteiger partial charge on any atom is 0.252 e. The van der Waals surface area contributed by atoms with Crippen LogP contribution >= 0.6 is 0 Å². The molecule has 6 nitrogen and oxygen atoms in total. The molecule has 0 radical (unpaired) electrons. The van der Waals surface area contributed by atoms with Gasteiger partial charge in [-0.1, -0.05) is 25.7 Å². The fourth-order valence-electron chi connectivity index (χ4n) is 3.56. The molecule has 1 saturated heterocycles. The van der Waals surface area contributed by atoms with E-state index in [2.05, 4.69) is 15.8 Å². The average Bonchev–Trinajstić information content (AvgIpc) is 3.33. The molecule has 2 N–H and O–H groups in total. The summed E-state index contributed by atoms with van der Waals surface area (Å²) in [5, 5.41) is 0. The first-order valence-corrected chi connectivity index (χ1v) is 8.62. The molecular formula is C16H27N3O3. The molecule has 2 amide bonds. The largest absolute Gasteiger partial charge is 0.372 e. The normalized spacial score (nSPS) is 25.5. The zero-order chi connectivity index (χ0) is 15.4. The van der Waals surface area contributed by atoms with Crippen LogP contribution in [-0.2, 0) is 14.3 Å². The summed E-state index contributed by atoms with van der Waals surface area (Å²) in [5.41, 5.74) is 5.00. The monoisotopic (exact) mass is 309 g/mol. The third kappa shape index (κ3) is 4.20. The molecule has 1 spiro atoms. The Morgan fingerprint density at radius 1 is 1.09 bits per heavy atom. The fourth-order valence-corrected chi connectivity index (χ4v) is 3.56. The number of carbonyl (C=O) groups is 2. The van der Waals surface area contributed by atoms with Gasteiger partial charge < -0.3 is 4.74 Å². The highest BCUT2D eigenvalue weighted by Crippen LogP contribution is 2.33. The van der Waals surface area contributed by atoms with E-state index < -0.39 is 0 Å². The zero-order valence-corrected chi connectivity index (χ0v) is 13.2. The van der Waals surface area contributed by atoms with Gasteiger partial charge in [-0.2, -0.15) is 0 Å². The van der Waals surface area contributed by atoms with Crippen molar-refractivity contribution in [2.45, 2.75) is 57.0 Å². The first-order valence-electron chi connectivity index (χ1n) is 8.62. The molecule has 1 heterocycles. The maximum atomic E-state index is 12.0. The molecule has 3 fully saturated rings. The summed E-state index contributed by atoms with van der Waals surface area (Å²) in [6, 6.07) is 0. The molecule has 0 unspecified atom stereocenters. The van der Waals surface area contributed by atoms with E-state index in [9.17, 15) is 9.59 Å². The summed E-state index contributed by atoms with van der Waals surface area (Å²) in [4.78, 5) is 25.7. The van der Waals surface area contributed by atoms with Crippen molar-refractivity contribution in [1.82, 2.24) is 15.8 Å². The molecule has 0 aromatic heterocycles. The molecule has 124 valence electrons.